The summed E-state index contributed by atoms with van der Waals surface area (Å²) >= 11 is 2.51. The number of hydrogen-bond acceptors (Lipinski definition) is 7. The number of thiazole rings is 1. The van der Waals surface area contributed by atoms with E-state index in [4.69, 9.17) is 15.9 Å². The molecule has 2 heterocycles. The van der Waals surface area contributed by atoms with Crippen molar-refractivity contribution in [2.24, 2.45) is 10.9 Å². The van der Waals surface area contributed by atoms with Gasteiger partial charge in [-0.15, -0.1) is 11.3 Å². The lowest BCUT2D eigenvalue weighted by Crippen LogP contribution is -2.21. The molecule has 0 unspecified atom stereocenters. The van der Waals surface area contributed by atoms with Gasteiger partial charge in [0, 0.05) is 16.8 Å². The zero-order valence-corrected chi connectivity index (χ0v) is 17.2. The van der Waals surface area contributed by atoms with Crippen molar-refractivity contribution < 1.29 is 9.90 Å². The highest BCUT2D eigenvalue weighted by molar-refractivity contribution is 7.97. The van der Waals surface area contributed by atoms with Crippen molar-refractivity contribution >= 4 is 35.0 Å². The summed E-state index contributed by atoms with van der Waals surface area (Å²) in [4.78, 5) is 19.9. The van der Waals surface area contributed by atoms with Crippen LogP contribution < -0.4 is 16.2 Å². The molecule has 0 radical (unpaired) electrons. The Labute approximate surface area is 167 Å². The van der Waals surface area contributed by atoms with Crippen LogP contribution in [-0.4, -0.2) is 21.1 Å². The fourth-order valence-electron chi connectivity index (χ4n) is 3.45. The lowest BCUT2D eigenvalue weighted by Gasteiger charge is -2.13. The molecule has 2 amide bonds. The van der Waals surface area contributed by atoms with Crippen LogP contribution in [0, 0.1) is 0 Å². The minimum atomic E-state index is -0.849. The van der Waals surface area contributed by atoms with Crippen LogP contribution in [0.2, 0.25) is 0 Å². The van der Waals surface area contributed by atoms with E-state index in [0.29, 0.717) is 5.01 Å². The third-order valence-corrected chi connectivity index (χ3v) is 6.38. The molecule has 2 aliphatic carbocycles. The lowest BCUT2D eigenvalue weighted by atomic mass is 10.1. The second-order valence-corrected chi connectivity index (χ2v) is 8.71. The van der Waals surface area contributed by atoms with Gasteiger partial charge in [0.15, 0.2) is 0 Å². The zero-order valence-electron chi connectivity index (χ0n) is 15.5. The molecule has 0 aromatic carbocycles. The zero-order chi connectivity index (χ0) is 19.6. The molecular weight excluding hydrogens is 382 g/mol. The molecule has 6 N–H and O–H groups in total. The van der Waals surface area contributed by atoms with Gasteiger partial charge in [0.2, 0.25) is 0 Å². The number of carbonyl (C=O) groups excluding carboxylic acids is 1. The summed E-state index contributed by atoms with van der Waals surface area (Å²) in [6.45, 7) is 3.41. The van der Waals surface area contributed by atoms with E-state index >= 15 is 0 Å². The van der Waals surface area contributed by atoms with Gasteiger partial charge in [-0.3, -0.25) is 10.1 Å². The molecule has 7 nitrogen and oxygen atoms in total. The van der Waals surface area contributed by atoms with E-state index in [1.165, 1.54) is 33.9 Å². The maximum Gasteiger partial charge on any atom is 0.316 e. The van der Waals surface area contributed by atoms with Gasteiger partial charge in [-0.25, -0.2) is 9.78 Å². The van der Waals surface area contributed by atoms with Gasteiger partial charge in [0.1, 0.15) is 15.6 Å². The van der Waals surface area contributed by atoms with E-state index in [2.05, 4.69) is 10.3 Å². The van der Waals surface area contributed by atoms with E-state index in [1.807, 2.05) is 5.38 Å². The molecule has 0 atom stereocenters. The Morgan fingerprint density at radius 2 is 1.78 bits per heavy atom. The van der Waals surface area contributed by atoms with Gasteiger partial charge < -0.3 is 16.2 Å². The molecule has 0 fully saturated rings. The number of primary amides is 1. The Balaban J connectivity index is 0.000000168. The fraction of sp³-hybridized carbons (Fsp3) is 0.500. The maximum absolute atomic E-state index is 11.1. The minimum absolute atomic E-state index is 0.464. The van der Waals surface area contributed by atoms with Crippen molar-refractivity contribution in [1.82, 2.24) is 9.97 Å². The minimum Gasteiger partial charge on any atom is -0.383 e. The van der Waals surface area contributed by atoms with Crippen LogP contribution in [0.15, 0.2) is 10.4 Å². The van der Waals surface area contributed by atoms with Gasteiger partial charge in [0.05, 0.1) is 5.69 Å². The number of nitrogens with one attached hydrogen (secondary N) is 1. The number of nitrogens with two attached hydrogens (primary N) is 2. The van der Waals surface area contributed by atoms with E-state index in [9.17, 15) is 9.90 Å². The van der Waals surface area contributed by atoms with Crippen molar-refractivity contribution in [2.75, 3.05) is 5.32 Å². The fourth-order valence-corrected chi connectivity index (χ4v) is 4.73. The van der Waals surface area contributed by atoms with E-state index < -0.39 is 11.6 Å². The summed E-state index contributed by atoms with van der Waals surface area (Å²) in [5.41, 5.74) is 10.2. The summed E-state index contributed by atoms with van der Waals surface area (Å²) in [5.74, 6) is 0. The van der Waals surface area contributed by atoms with Gasteiger partial charge >= 0.3 is 6.03 Å². The number of carbonyl (C=O) groups is 1. The molecule has 0 aliphatic heterocycles. The van der Waals surface area contributed by atoms with Gasteiger partial charge in [-0.05, 0) is 75.4 Å². The summed E-state index contributed by atoms with van der Waals surface area (Å²) < 4.78 is 0. The number of fused-ring (bicyclic) bond motifs is 2. The maximum atomic E-state index is 11.1. The lowest BCUT2D eigenvalue weighted by molar-refractivity contribution is 0.0778. The number of aryl methyl sites for hydroxylation is 2. The highest BCUT2D eigenvalue weighted by Gasteiger charge is 2.25. The van der Waals surface area contributed by atoms with Gasteiger partial charge in [-0.1, -0.05) is 0 Å². The van der Waals surface area contributed by atoms with Crippen LogP contribution in [-0.2, 0) is 31.3 Å². The molecule has 2 aromatic heterocycles. The van der Waals surface area contributed by atoms with Crippen molar-refractivity contribution in [1.29, 1.82) is 0 Å². The van der Waals surface area contributed by atoms with E-state index in [0.717, 1.165) is 61.2 Å². The second kappa shape index (κ2) is 8.14. The van der Waals surface area contributed by atoms with Crippen molar-refractivity contribution in [3.05, 3.63) is 32.9 Å². The molecule has 27 heavy (non-hydrogen) atoms. The Kier molecular flexibility index (Phi) is 6.05. The molecule has 9 heteroatoms. The number of aliphatic hydroxyl groups is 1. The van der Waals surface area contributed by atoms with Crippen molar-refractivity contribution in [2.45, 2.75) is 63.0 Å². The highest BCUT2D eigenvalue weighted by Crippen LogP contribution is 2.36. The molecule has 2 aliphatic rings. The molecule has 146 valence electrons. The summed E-state index contributed by atoms with van der Waals surface area (Å²) in [6, 6.07) is -0.464. The van der Waals surface area contributed by atoms with E-state index in [-0.39, 0.29) is 0 Å². The average molecular weight is 408 g/mol. The number of nitrogens with zero attached hydrogens (tertiary/aromatic N) is 2. The molecule has 2 aromatic rings. The molecule has 4 rings (SSSR count). The molecule has 0 saturated carbocycles. The highest BCUT2D eigenvalue weighted by atomic mass is 32.2. The first-order chi connectivity index (χ1) is 12.8. The third-order valence-electron chi connectivity index (χ3n) is 4.63. The summed E-state index contributed by atoms with van der Waals surface area (Å²) in [7, 11) is 0. The largest absolute Gasteiger partial charge is 0.383 e. The molecular formula is C18H25N5O2S2. The third kappa shape index (κ3) is 4.60. The number of urea groups is 1. The van der Waals surface area contributed by atoms with Crippen LogP contribution in [0.1, 0.15) is 54.2 Å². The smallest absolute Gasteiger partial charge is 0.316 e. The number of pyridine rings is 1. The number of amides is 2. The normalized spacial score (nSPS) is 15.0. The Morgan fingerprint density at radius 1 is 1.19 bits per heavy atom. The first-order valence-corrected chi connectivity index (χ1v) is 10.7. The SMILES string of the molecule is CC(C)(O)c1nc(SN)cs1.NC(=O)Nc1c2c(nc3c1CCC3)CCC2. The number of anilines is 1. The van der Waals surface area contributed by atoms with Gasteiger partial charge in [0.25, 0.3) is 0 Å². The average Bonchev–Trinajstić information content (AvgIpc) is 3.33. The van der Waals surface area contributed by atoms with E-state index in [1.54, 1.807) is 13.8 Å². The van der Waals surface area contributed by atoms with Crippen molar-refractivity contribution in [3.63, 3.8) is 0 Å². The summed E-state index contributed by atoms with van der Waals surface area (Å²) in [5, 5.41) is 20.9. The molecule has 0 bridgehead atoms. The van der Waals surface area contributed by atoms with Crippen LogP contribution in [0.3, 0.4) is 0 Å². The molecule has 0 saturated heterocycles. The number of rotatable bonds is 3. The Hall–Kier alpha value is -1.68. The summed E-state index contributed by atoms with van der Waals surface area (Å²) in [6.07, 6.45) is 6.39. The van der Waals surface area contributed by atoms with Crippen LogP contribution in [0.4, 0.5) is 10.5 Å². The second-order valence-electron chi connectivity index (χ2n) is 7.20. The Morgan fingerprint density at radius 3 is 2.19 bits per heavy atom. The van der Waals surface area contributed by atoms with Crippen molar-refractivity contribution in [3.8, 4) is 0 Å². The topological polar surface area (TPSA) is 127 Å². The van der Waals surface area contributed by atoms with Crippen LogP contribution in [0.5, 0.6) is 0 Å². The van der Waals surface area contributed by atoms with Gasteiger partial charge in [-0.2, -0.15) is 0 Å². The van der Waals surface area contributed by atoms with Crippen LogP contribution in [0.25, 0.3) is 0 Å². The number of aromatic nitrogens is 2. The first kappa shape index (κ1) is 20.1. The quantitative estimate of drug-likeness (QED) is 0.579. The number of hydrogen-bond donors (Lipinski definition) is 4. The van der Waals surface area contributed by atoms with Crippen LogP contribution >= 0.6 is 23.3 Å². The first-order valence-electron chi connectivity index (χ1n) is 8.94. The predicted molar refractivity (Wildman–Crippen MR) is 109 cm³/mol. The standard InChI is InChI=1S/C12H15N3O.C6H10N2OS2/c13-12(16)15-11-7-3-1-5-9(7)14-10-6-2-4-8(10)11;1-6(2,9)5-8-4(11-7)3-10-5/h1-6H2,(H3,13,14,15,16);3,9H,7H2,1-2H3. The monoisotopic (exact) mass is 407 g/mol. The predicted octanol–water partition coefficient (Wildman–Crippen LogP) is 2.89. The Bertz CT molecular complexity index is 813. The molecule has 0 spiro atoms.